The van der Waals surface area contributed by atoms with Gasteiger partial charge in [0.2, 0.25) is 0 Å². The molecule has 0 spiro atoms. The lowest BCUT2D eigenvalue weighted by atomic mass is 9.76. The Labute approximate surface area is 80.5 Å². The van der Waals surface area contributed by atoms with Gasteiger partial charge in [0.25, 0.3) is 0 Å². The van der Waals surface area contributed by atoms with E-state index >= 15 is 0 Å². The number of ether oxygens (including phenoxy) is 1. The molecular formula is C12H18O. The summed E-state index contributed by atoms with van der Waals surface area (Å²) in [6.07, 6.45) is 12.2. The summed E-state index contributed by atoms with van der Waals surface area (Å²) in [5.74, 6) is 0.826. The Hall–Kier alpha value is -0.720. The molecule has 1 fully saturated rings. The smallest absolute Gasteiger partial charge is 0.119 e. The molecule has 2 aliphatic carbocycles. The summed E-state index contributed by atoms with van der Waals surface area (Å²) in [5.41, 5.74) is 1.57. The first-order valence-electron chi connectivity index (χ1n) is 5.38. The van der Waals surface area contributed by atoms with Gasteiger partial charge in [-0.2, -0.15) is 0 Å². The fourth-order valence-corrected chi connectivity index (χ4v) is 2.65. The molecule has 2 aliphatic rings. The lowest BCUT2D eigenvalue weighted by Crippen LogP contribution is -2.26. The molecule has 0 radical (unpaired) electrons. The maximum absolute atomic E-state index is 5.55. The van der Waals surface area contributed by atoms with Crippen LogP contribution in [-0.2, 0) is 4.74 Å². The van der Waals surface area contributed by atoms with Crippen molar-refractivity contribution in [3.8, 4) is 0 Å². The maximum atomic E-state index is 5.55. The molecule has 0 amide bonds. The second-order valence-electron chi connectivity index (χ2n) is 4.05. The fraction of sp³-hybridized carbons (Fsp3) is 0.667. The van der Waals surface area contributed by atoms with Gasteiger partial charge in [0, 0.05) is 0 Å². The van der Waals surface area contributed by atoms with E-state index in [2.05, 4.69) is 12.7 Å². The highest BCUT2D eigenvalue weighted by Gasteiger charge is 2.29. The van der Waals surface area contributed by atoms with Crippen LogP contribution in [0.3, 0.4) is 0 Å². The van der Waals surface area contributed by atoms with Crippen molar-refractivity contribution < 1.29 is 4.74 Å². The standard InChI is InChI=1S/C12H18O/c1-2-13-12-9-5-7-10-6-3-4-8-11(10)12/h2,8,10,12H,1,3-7,9H2. The highest BCUT2D eigenvalue weighted by Crippen LogP contribution is 2.38. The van der Waals surface area contributed by atoms with E-state index in [-0.39, 0.29) is 0 Å². The Morgan fingerprint density at radius 3 is 3.00 bits per heavy atom. The van der Waals surface area contributed by atoms with E-state index < -0.39 is 0 Å². The van der Waals surface area contributed by atoms with E-state index in [1.54, 1.807) is 11.8 Å². The third-order valence-electron chi connectivity index (χ3n) is 3.26. The summed E-state index contributed by atoms with van der Waals surface area (Å²) < 4.78 is 5.55. The Balaban J connectivity index is 2.09. The summed E-state index contributed by atoms with van der Waals surface area (Å²) in [6.45, 7) is 3.64. The molecule has 0 aliphatic heterocycles. The predicted molar refractivity (Wildman–Crippen MR) is 54.3 cm³/mol. The molecular weight excluding hydrogens is 160 g/mol. The second-order valence-corrected chi connectivity index (χ2v) is 4.05. The Morgan fingerprint density at radius 1 is 1.31 bits per heavy atom. The maximum Gasteiger partial charge on any atom is 0.119 e. The SMILES string of the molecule is C=COC1CCCC2CCCC=C21. The van der Waals surface area contributed by atoms with Gasteiger partial charge in [0.1, 0.15) is 6.10 Å². The third-order valence-corrected chi connectivity index (χ3v) is 3.26. The van der Waals surface area contributed by atoms with Crippen LogP contribution in [0.15, 0.2) is 24.5 Å². The largest absolute Gasteiger partial charge is 0.494 e. The number of allylic oxidation sites excluding steroid dienone is 1. The molecule has 1 heteroatoms. The number of hydrogen-bond acceptors (Lipinski definition) is 1. The van der Waals surface area contributed by atoms with Crippen LogP contribution in [0, 0.1) is 5.92 Å². The first-order valence-corrected chi connectivity index (χ1v) is 5.38. The second kappa shape index (κ2) is 3.99. The van der Waals surface area contributed by atoms with Crippen molar-refractivity contribution in [1.29, 1.82) is 0 Å². The first kappa shape index (κ1) is 8.86. The molecule has 2 rings (SSSR count). The summed E-state index contributed by atoms with van der Waals surface area (Å²) in [6, 6.07) is 0. The van der Waals surface area contributed by atoms with Gasteiger partial charge in [0.05, 0.1) is 6.26 Å². The van der Waals surface area contributed by atoms with E-state index in [9.17, 15) is 0 Å². The van der Waals surface area contributed by atoms with Crippen LogP contribution in [0.25, 0.3) is 0 Å². The van der Waals surface area contributed by atoms with Gasteiger partial charge in [-0.25, -0.2) is 0 Å². The van der Waals surface area contributed by atoms with Gasteiger partial charge < -0.3 is 4.74 Å². The number of hydrogen-bond donors (Lipinski definition) is 0. The average Bonchev–Trinajstić information content (AvgIpc) is 2.19. The number of rotatable bonds is 2. The van der Waals surface area contributed by atoms with Gasteiger partial charge in [0.15, 0.2) is 0 Å². The minimum Gasteiger partial charge on any atom is -0.494 e. The molecule has 1 saturated carbocycles. The Bertz CT molecular complexity index is 217. The molecule has 0 N–H and O–H groups in total. The molecule has 1 nitrogen and oxygen atoms in total. The van der Waals surface area contributed by atoms with Crippen molar-refractivity contribution in [2.45, 2.75) is 44.6 Å². The highest BCUT2D eigenvalue weighted by atomic mass is 16.5. The quantitative estimate of drug-likeness (QED) is 0.465. The van der Waals surface area contributed by atoms with E-state index in [0.29, 0.717) is 6.10 Å². The van der Waals surface area contributed by atoms with E-state index in [0.717, 1.165) is 5.92 Å². The molecule has 72 valence electrons. The molecule has 0 aromatic carbocycles. The minimum absolute atomic E-state index is 0.358. The normalized spacial score (nSPS) is 33.1. The lowest BCUT2D eigenvalue weighted by Gasteiger charge is -2.34. The molecule has 2 unspecified atom stereocenters. The van der Waals surface area contributed by atoms with Crippen molar-refractivity contribution in [3.63, 3.8) is 0 Å². The molecule has 13 heavy (non-hydrogen) atoms. The van der Waals surface area contributed by atoms with Crippen LogP contribution < -0.4 is 0 Å². The van der Waals surface area contributed by atoms with Gasteiger partial charge in [-0.3, -0.25) is 0 Å². The van der Waals surface area contributed by atoms with Crippen molar-refractivity contribution in [3.05, 3.63) is 24.5 Å². The molecule has 0 saturated heterocycles. The van der Waals surface area contributed by atoms with Crippen LogP contribution in [0.1, 0.15) is 38.5 Å². The summed E-state index contributed by atoms with van der Waals surface area (Å²) in [7, 11) is 0. The third kappa shape index (κ3) is 1.79. The van der Waals surface area contributed by atoms with Crippen LogP contribution in [0.5, 0.6) is 0 Å². The fourth-order valence-electron chi connectivity index (χ4n) is 2.65. The summed E-state index contributed by atoms with van der Waals surface area (Å²) in [4.78, 5) is 0. The Kier molecular flexibility index (Phi) is 2.72. The number of fused-ring (bicyclic) bond motifs is 1. The van der Waals surface area contributed by atoms with Crippen LogP contribution >= 0.6 is 0 Å². The molecule has 0 bridgehead atoms. The highest BCUT2D eigenvalue weighted by molar-refractivity contribution is 5.17. The van der Waals surface area contributed by atoms with Crippen molar-refractivity contribution >= 4 is 0 Å². The molecule has 0 heterocycles. The van der Waals surface area contributed by atoms with Crippen LogP contribution in [0.4, 0.5) is 0 Å². The van der Waals surface area contributed by atoms with Gasteiger partial charge >= 0.3 is 0 Å². The van der Waals surface area contributed by atoms with Gasteiger partial charge in [-0.15, -0.1) is 0 Å². The topological polar surface area (TPSA) is 9.23 Å². The summed E-state index contributed by atoms with van der Waals surface area (Å²) in [5, 5.41) is 0. The van der Waals surface area contributed by atoms with E-state index in [4.69, 9.17) is 4.74 Å². The molecule has 0 aromatic rings. The van der Waals surface area contributed by atoms with Crippen molar-refractivity contribution in [2.75, 3.05) is 0 Å². The lowest BCUT2D eigenvalue weighted by molar-refractivity contribution is 0.129. The predicted octanol–water partition coefficient (Wildman–Crippen LogP) is 3.43. The van der Waals surface area contributed by atoms with Crippen LogP contribution in [-0.4, -0.2) is 6.10 Å². The zero-order valence-electron chi connectivity index (χ0n) is 8.17. The zero-order chi connectivity index (χ0) is 9.10. The van der Waals surface area contributed by atoms with Crippen LogP contribution in [0.2, 0.25) is 0 Å². The summed E-state index contributed by atoms with van der Waals surface area (Å²) >= 11 is 0. The minimum atomic E-state index is 0.358. The van der Waals surface area contributed by atoms with E-state index in [1.807, 2.05) is 0 Å². The van der Waals surface area contributed by atoms with Crippen molar-refractivity contribution in [1.82, 2.24) is 0 Å². The Morgan fingerprint density at radius 2 is 2.15 bits per heavy atom. The van der Waals surface area contributed by atoms with Gasteiger partial charge in [-0.1, -0.05) is 12.7 Å². The molecule has 2 atom stereocenters. The zero-order valence-corrected chi connectivity index (χ0v) is 8.17. The average molecular weight is 178 g/mol. The van der Waals surface area contributed by atoms with Crippen molar-refractivity contribution in [2.24, 2.45) is 5.92 Å². The van der Waals surface area contributed by atoms with E-state index in [1.165, 1.54) is 38.5 Å². The van der Waals surface area contributed by atoms with Gasteiger partial charge in [-0.05, 0) is 50.0 Å². The monoisotopic (exact) mass is 178 g/mol. The molecule has 0 aromatic heterocycles. The first-order chi connectivity index (χ1) is 6.42.